The number of nitrogens with one attached hydrogen (secondary N) is 1. The van der Waals surface area contributed by atoms with E-state index in [1.54, 1.807) is 0 Å². The maximum atomic E-state index is 11.6. The van der Waals surface area contributed by atoms with E-state index in [0.29, 0.717) is 0 Å². The molecule has 0 unspecified atom stereocenters. The minimum atomic E-state index is -0.755. The van der Waals surface area contributed by atoms with Crippen LogP contribution in [0.25, 0.3) is 0 Å². The molecule has 0 bridgehead atoms. The molecule has 1 aliphatic heterocycles. The van der Waals surface area contributed by atoms with Crippen molar-refractivity contribution in [1.29, 1.82) is 0 Å². The monoisotopic (exact) mass is 275 g/mol. The number of thioether (sulfide) groups is 1. The fourth-order valence-corrected chi connectivity index (χ4v) is 3.12. The van der Waals surface area contributed by atoms with Crippen LogP contribution in [0, 0.1) is 11.8 Å². The lowest BCUT2D eigenvalue weighted by Gasteiger charge is -2.31. The van der Waals surface area contributed by atoms with E-state index in [9.17, 15) is 9.90 Å². The summed E-state index contributed by atoms with van der Waals surface area (Å²) in [5.74, 6) is 6.89. The van der Waals surface area contributed by atoms with E-state index in [-0.39, 0.29) is 12.5 Å². The van der Waals surface area contributed by atoms with Crippen molar-refractivity contribution in [2.45, 2.75) is 18.4 Å². The van der Waals surface area contributed by atoms with Gasteiger partial charge in [-0.3, -0.25) is 4.79 Å². The lowest BCUT2D eigenvalue weighted by atomic mass is 9.97. The highest BCUT2D eigenvalue weighted by Gasteiger charge is 2.29. The van der Waals surface area contributed by atoms with Crippen molar-refractivity contribution in [3.8, 4) is 11.8 Å². The van der Waals surface area contributed by atoms with Crippen molar-refractivity contribution >= 4 is 17.7 Å². The molecule has 0 aliphatic carbocycles. The number of hydrogen-bond acceptors (Lipinski definition) is 3. The minimum Gasteiger partial charge on any atom is -0.388 e. The van der Waals surface area contributed by atoms with Crippen LogP contribution in [0.1, 0.15) is 18.4 Å². The van der Waals surface area contributed by atoms with Crippen molar-refractivity contribution in [3.05, 3.63) is 35.9 Å². The number of rotatable bonds is 2. The highest BCUT2D eigenvalue weighted by atomic mass is 32.2. The minimum absolute atomic E-state index is 0.288. The van der Waals surface area contributed by atoms with Gasteiger partial charge in [0.25, 0.3) is 5.91 Å². The second-order valence-corrected chi connectivity index (χ2v) is 5.86. The van der Waals surface area contributed by atoms with Crippen LogP contribution in [0.4, 0.5) is 0 Å². The highest BCUT2D eigenvalue weighted by Crippen LogP contribution is 2.25. The summed E-state index contributed by atoms with van der Waals surface area (Å²) in [5, 5.41) is 12.9. The van der Waals surface area contributed by atoms with Gasteiger partial charge in [0, 0.05) is 18.0 Å². The zero-order valence-electron chi connectivity index (χ0n) is 10.7. The molecule has 1 saturated heterocycles. The Bertz CT molecular complexity index is 484. The molecule has 0 spiro atoms. The van der Waals surface area contributed by atoms with Gasteiger partial charge in [0.2, 0.25) is 0 Å². The van der Waals surface area contributed by atoms with Crippen molar-refractivity contribution in [3.63, 3.8) is 0 Å². The van der Waals surface area contributed by atoms with Crippen LogP contribution in [-0.2, 0) is 4.79 Å². The Morgan fingerprint density at radius 1 is 1.32 bits per heavy atom. The van der Waals surface area contributed by atoms with Gasteiger partial charge in [-0.25, -0.2) is 0 Å². The summed E-state index contributed by atoms with van der Waals surface area (Å²) in [7, 11) is 0. The van der Waals surface area contributed by atoms with Gasteiger partial charge in [0.05, 0.1) is 5.60 Å². The van der Waals surface area contributed by atoms with E-state index >= 15 is 0 Å². The third-order valence-corrected chi connectivity index (χ3v) is 4.08. The standard InChI is InChI=1S/C15H17NO2S/c17-14(7-6-13-4-2-1-3-5-13)16-12-15(18)8-10-19-11-9-15/h1-5,18H,8-12H2,(H,16,17). The third kappa shape index (κ3) is 4.62. The summed E-state index contributed by atoms with van der Waals surface area (Å²) in [6.45, 7) is 0.288. The van der Waals surface area contributed by atoms with Gasteiger partial charge in [-0.2, -0.15) is 11.8 Å². The van der Waals surface area contributed by atoms with Crippen LogP contribution >= 0.6 is 11.8 Å². The average molecular weight is 275 g/mol. The maximum Gasteiger partial charge on any atom is 0.296 e. The molecule has 19 heavy (non-hydrogen) atoms. The van der Waals surface area contributed by atoms with Crippen LogP contribution in [0.5, 0.6) is 0 Å². The SMILES string of the molecule is O=C(C#Cc1ccccc1)NCC1(O)CCSCC1. The number of benzene rings is 1. The predicted octanol–water partition coefficient (Wildman–Crippen LogP) is 1.41. The molecule has 1 aromatic carbocycles. The maximum absolute atomic E-state index is 11.6. The van der Waals surface area contributed by atoms with Gasteiger partial charge < -0.3 is 10.4 Å². The number of carbonyl (C=O) groups excluding carboxylic acids is 1. The van der Waals surface area contributed by atoms with E-state index in [2.05, 4.69) is 17.2 Å². The van der Waals surface area contributed by atoms with Crippen LogP contribution < -0.4 is 5.32 Å². The number of amides is 1. The van der Waals surface area contributed by atoms with Crippen molar-refractivity contribution in [2.24, 2.45) is 0 Å². The molecule has 100 valence electrons. The Balaban J connectivity index is 1.83. The van der Waals surface area contributed by atoms with Gasteiger partial charge in [0.1, 0.15) is 0 Å². The van der Waals surface area contributed by atoms with E-state index < -0.39 is 5.60 Å². The van der Waals surface area contributed by atoms with Crippen molar-refractivity contribution in [2.75, 3.05) is 18.1 Å². The zero-order chi connectivity index (χ0) is 13.6. The topological polar surface area (TPSA) is 49.3 Å². The Morgan fingerprint density at radius 2 is 2.00 bits per heavy atom. The summed E-state index contributed by atoms with van der Waals surface area (Å²) >= 11 is 1.84. The zero-order valence-corrected chi connectivity index (χ0v) is 11.5. The molecule has 1 amide bonds. The summed E-state index contributed by atoms with van der Waals surface area (Å²) in [5.41, 5.74) is 0.0560. The molecule has 0 atom stereocenters. The number of aliphatic hydroxyl groups is 1. The highest BCUT2D eigenvalue weighted by molar-refractivity contribution is 7.99. The molecule has 0 saturated carbocycles. The Hall–Kier alpha value is -1.44. The Labute approximate surface area is 117 Å². The molecule has 2 N–H and O–H groups in total. The quantitative estimate of drug-likeness (QED) is 0.802. The molecule has 3 nitrogen and oxygen atoms in total. The van der Waals surface area contributed by atoms with Crippen LogP contribution in [0.15, 0.2) is 30.3 Å². The lowest BCUT2D eigenvalue weighted by molar-refractivity contribution is -0.117. The summed E-state index contributed by atoms with van der Waals surface area (Å²) in [6.07, 6.45) is 1.45. The first-order chi connectivity index (χ1) is 9.18. The van der Waals surface area contributed by atoms with Crippen molar-refractivity contribution in [1.82, 2.24) is 5.32 Å². The fourth-order valence-electron chi connectivity index (χ4n) is 1.87. The second kappa shape index (κ2) is 6.65. The van der Waals surface area contributed by atoms with E-state index in [4.69, 9.17) is 0 Å². The molecule has 1 fully saturated rings. The van der Waals surface area contributed by atoms with Gasteiger partial charge in [-0.15, -0.1) is 0 Å². The van der Waals surface area contributed by atoms with Crippen molar-refractivity contribution < 1.29 is 9.90 Å². The molecular formula is C15H17NO2S. The Kier molecular flexibility index (Phi) is 4.89. The molecule has 1 aliphatic rings. The molecule has 1 aromatic rings. The number of hydrogen-bond donors (Lipinski definition) is 2. The van der Waals surface area contributed by atoms with E-state index in [1.807, 2.05) is 42.1 Å². The third-order valence-electron chi connectivity index (χ3n) is 3.10. The van der Waals surface area contributed by atoms with Gasteiger partial charge >= 0.3 is 0 Å². The second-order valence-electron chi connectivity index (χ2n) is 4.64. The molecule has 0 aromatic heterocycles. The van der Waals surface area contributed by atoms with E-state index in [1.165, 1.54) is 0 Å². The Morgan fingerprint density at radius 3 is 2.68 bits per heavy atom. The first-order valence-electron chi connectivity index (χ1n) is 6.33. The van der Waals surface area contributed by atoms with Crippen LogP contribution in [-0.4, -0.2) is 34.7 Å². The van der Waals surface area contributed by atoms with Crippen LogP contribution in [0.2, 0.25) is 0 Å². The largest absolute Gasteiger partial charge is 0.388 e. The van der Waals surface area contributed by atoms with E-state index in [0.717, 1.165) is 29.9 Å². The van der Waals surface area contributed by atoms with Gasteiger partial charge in [-0.1, -0.05) is 24.1 Å². The van der Waals surface area contributed by atoms with Gasteiger partial charge in [0.15, 0.2) is 0 Å². The first kappa shape index (κ1) is 14.0. The molecule has 2 rings (SSSR count). The normalized spacial score (nSPS) is 17.1. The molecule has 0 radical (unpaired) electrons. The number of carbonyl (C=O) groups is 1. The summed E-state index contributed by atoms with van der Waals surface area (Å²) in [4.78, 5) is 11.6. The fraction of sp³-hybridized carbons (Fsp3) is 0.400. The lowest BCUT2D eigenvalue weighted by Crippen LogP contribution is -2.45. The first-order valence-corrected chi connectivity index (χ1v) is 7.48. The summed E-state index contributed by atoms with van der Waals surface area (Å²) in [6, 6.07) is 9.37. The predicted molar refractivity (Wildman–Crippen MR) is 77.8 cm³/mol. The molecular weight excluding hydrogens is 258 g/mol. The van der Waals surface area contributed by atoms with Crippen LogP contribution in [0.3, 0.4) is 0 Å². The average Bonchev–Trinajstić information content (AvgIpc) is 2.45. The summed E-state index contributed by atoms with van der Waals surface area (Å²) < 4.78 is 0. The van der Waals surface area contributed by atoms with Gasteiger partial charge in [-0.05, 0) is 36.5 Å². The smallest absolute Gasteiger partial charge is 0.296 e. The molecule has 1 heterocycles. The molecule has 4 heteroatoms.